The molecule has 1 aromatic carbocycles. The van der Waals surface area contributed by atoms with Crippen LogP contribution in [0.15, 0.2) is 30.3 Å². The molecule has 1 N–H and O–H groups in total. The van der Waals surface area contributed by atoms with Gasteiger partial charge in [0.05, 0.1) is 19.3 Å². The molecule has 1 aliphatic rings. The zero-order valence-electron chi connectivity index (χ0n) is 13.5. The van der Waals surface area contributed by atoms with Crippen molar-refractivity contribution in [3.63, 3.8) is 0 Å². The van der Waals surface area contributed by atoms with Crippen LogP contribution in [0, 0.1) is 0 Å². The summed E-state index contributed by atoms with van der Waals surface area (Å²) in [6, 6.07) is 10.1. The van der Waals surface area contributed by atoms with Crippen LogP contribution in [-0.4, -0.2) is 65.8 Å². The largest absolute Gasteiger partial charge is 0.450 e. The van der Waals surface area contributed by atoms with Gasteiger partial charge in [-0.15, -0.1) is 0 Å². The molecule has 1 saturated heterocycles. The van der Waals surface area contributed by atoms with Crippen molar-refractivity contribution in [3.8, 4) is 0 Å². The standard InChI is InChI=1S/C17H24N2O4/c1-2-23-17(22)19-12-15(20)11-18(16(21)13-19)10-6-9-14-7-4-3-5-8-14/h3-5,7-8,15,20H,2,6,9-13H2,1H3. The first-order valence-corrected chi connectivity index (χ1v) is 8.01. The Kier molecular flexibility index (Phi) is 6.40. The van der Waals surface area contributed by atoms with Gasteiger partial charge in [-0.25, -0.2) is 4.79 Å². The maximum absolute atomic E-state index is 12.3. The number of β-amino-alcohol motifs (C(OH)–C–C–N with tert-alkyl or cyclic N) is 1. The average molecular weight is 320 g/mol. The fourth-order valence-corrected chi connectivity index (χ4v) is 2.68. The van der Waals surface area contributed by atoms with Crippen LogP contribution in [0.25, 0.3) is 0 Å². The number of carbonyl (C=O) groups excluding carboxylic acids is 2. The number of aliphatic hydroxyl groups is 1. The lowest BCUT2D eigenvalue weighted by Crippen LogP contribution is -2.40. The highest BCUT2D eigenvalue weighted by molar-refractivity contribution is 5.82. The van der Waals surface area contributed by atoms with Crippen molar-refractivity contribution in [2.45, 2.75) is 25.9 Å². The number of hydrogen-bond donors (Lipinski definition) is 1. The Morgan fingerprint density at radius 3 is 2.74 bits per heavy atom. The van der Waals surface area contributed by atoms with E-state index in [-0.39, 0.29) is 32.1 Å². The lowest BCUT2D eigenvalue weighted by Gasteiger charge is -2.21. The maximum Gasteiger partial charge on any atom is 0.410 e. The molecule has 0 spiro atoms. The molecule has 1 atom stereocenters. The average Bonchev–Trinajstić information content (AvgIpc) is 2.68. The highest BCUT2D eigenvalue weighted by Gasteiger charge is 2.29. The zero-order valence-corrected chi connectivity index (χ0v) is 13.5. The van der Waals surface area contributed by atoms with Crippen molar-refractivity contribution in [2.75, 3.05) is 32.8 Å². The van der Waals surface area contributed by atoms with E-state index in [0.29, 0.717) is 6.54 Å². The predicted molar refractivity (Wildman–Crippen MR) is 85.9 cm³/mol. The van der Waals surface area contributed by atoms with E-state index in [9.17, 15) is 14.7 Å². The molecule has 2 amide bonds. The van der Waals surface area contributed by atoms with Crippen LogP contribution >= 0.6 is 0 Å². The number of aryl methyl sites for hydroxylation is 1. The third kappa shape index (κ3) is 5.25. The minimum absolute atomic E-state index is 0.0404. The Labute approximate surface area is 136 Å². The summed E-state index contributed by atoms with van der Waals surface area (Å²) in [5.74, 6) is -0.150. The summed E-state index contributed by atoms with van der Waals surface area (Å²) in [5, 5.41) is 10.0. The number of nitrogens with zero attached hydrogens (tertiary/aromatic N) is 2. The third-order valence-corrected chi connectivity index (χ3v) is 3.80. The molecule has 23 heavy (non-hydrogen) atoms. The van der Waals surface area contributed by atoms with Gasteiger partial charge in [-0.05, 0) is 25.3 Å². The van der Waals surface area contributed by atoms with E-state index >= 15 is 0 Å². The maximum atomic E-state index is 12.3. The van der Waals surface area contributed by atoms with Crippen LogP contribution in [0.1, 0.15) is 18.9 Å². The van der Waals surface area contributed by atoms with Crippen LogP contribution in [-0.2, 0) is 16.0 Å². The van der Waals surface area contributed by atoms with Crippen molar-refractivity contribution >= 4 is 12.0 Å². The number of ether oxygens (including phenoxy) is 1. The van der Waals surface area contributed by atoms with Gasteiger partial charge in [0.15, 0.2) is 0 Å². The second-order valence-corrected chi connectivity index (χ2v) is 5.66. The van der Waals surface area contributed by atoms with Crippen molar-refractivity contribution in [1.82, 2.24) is 9.80 Å². The molecule has 1 aliphatic heterocycles. The van der Waals surface area contributed by atoms with Crippen LogP contribution in [0.2, 0.25) is 0 Å². The quantitative estimate of drug-likeness (QED) is 0.887. The van der Waals surface area contributed by atoms with E-state index < -0.39 is 12.2 Å². The number of carbonyl (C=O) groups is 2. The molecular formula is C17H24N2O4. The van der Waals surface area contributed by atoms with Gasteiger partial charge in [0.2, 0.25) is 5.91 Å². The molecule has 126 valence electrons. The Morgan fingerprint density at radius 2 is 2.04 bits per heavy atom. The smallest absolute Gasteiger partial charge is 0.410 e. The molecular weight excluding hydrogens is 296 g/mol. The molecule has 0 aliphatic carbocycles. The second-order valence-electron chi connectivity index (χ2n) is 5.66. The van der Waals surface area contributed by atoms with Gasteiger partial charge in [0.25, 0.3) is 0 Å². The van der Waals surface area contributed by atoms with E-state index in [1.54, 1.807) is 11.8 Å². The van der Waals surface area contributed by atoms with E-state index in [0.717, 1.165) is 12.8 Å². The molecule has 0 saturated carbocycles. The van der Waals surface area contributed by atoms with Gasteiger partial charge in [0, 0.05) is 13.1 Å². The van der Waals surface area contributed by atoms with Crippen molar-refractivity contribution < 1.29 is 19.4 Å². The number of rotatable bonds is 5. The number of aliphatic hydroxyl groups excluding tert-OH is 1. The predicted octanol–water partition coefficient (Wildman–Crippen LogP) is 1.28. The molecule has 1 heterocycles. The SMILES string of the molecule is CCOC(=O)N1CC(=O)N(CCCc2ccccc2)CC(O)C1. The fraction of sp³-hybridized carbons (Fsp3) is 0.529. The first kappa shape index (κ1) is 17.3. The lowest BCUT2D eigenvalue weighted by atomic mass is 10.1. The summed E-state index contributed by atoms with van der Waals surface area (Å²) in [7, 11) is 0. The van der Waals surface area contributed by atoms with Crippen LogP contribution < -0.4 is 0 Å². The minimum atomic E-state index is -0.748. The van der Waals surface area contributed by atoms with Crippen molar-refractivity contribution in [1.29, 1.82) is 0 Å². The molecule has 1 unspecified atom stereocenters. The molecule has 1 aromatic rings. The zero-order chi connectivity index (χ0) is 16.7. The fourth-order valence-electron chi connectivity index (χ4n) is 2.68. The Morgan fingerprint density at radius 1 is 1.30 bits per heavy atom. The Bertz CT molecular complexity index is 521. The number of amides is 2. The first-order chi connectivity index (χ1) is 11.1. The summed E-state index contributed by atoms with van der Waals surface area (Å²) < 4.78 is 4.91. The van der Waals surface area contributed by atoms with Gasteiger partial charge in [0.1, 0.15) is 6.54 Å². The van der Waals surface area contributed by atoms with Gasteiger partial charge < -0.3 is 14.7 Å². The number of benzene rings is 1. The lowest BCUT2D eigenvalue weighted by molar-refractivity contribution is -0.131. The molecule has 6 heteroatoms. The summed E-state index contributed by atoms with van der Waals surface area (Å²) in [6.45, 7) is 2.87. The van der Waals surface area contributed by atoms with Gasteiger partial charge in [-0.1, -0.05) is 30.3 Å². The highest BCUT2D eigenvalue weighted by atomic mass is 16.6. The second kappa shape index (κ2) is 8.53. The van der Waals surface area contributed by atoms with E-state index in [1.807, 2.05) is 18.2 Å². The van der Waals surface area contributed by atoms with Crippen LogP contribution in [0.4, 0.5) is 4.79 Å². The topological polar surface area (TPSA) is 70.1 Å². The molecule has 1 fully saturated rings. The highest BCUT2D eigenvalue weighted by Crippen LogP contribution is 2.09. The summed E-state index contributed by atoms with van der Waals surface area (Å²) >= 11 is 0. The molecule has 6 nitrogen and oxygen atoms in total. The van der Waals surface area contributed by atoms with Crippen molar-refractivity contribution in [2.24, 2.45) is 0 Å². The Balaban J connectivity index is 1.87. The van der Waals surface area contributed by atoms with E-state index in [4.69, 9.17) is 4.74 Å². The van der Waals surface area contributed by atoms with E-state index in [1.165, 1.54) is 10.5 Å². The number of hydrogen-bond acceptors (Lipinski definition) is 4. The first-order valence-electron chi connectivity index (χ1n) is 8.01. The molecule has 0 bridgehead atoms. The molecule has 2 rings (SSSR count). The van der Waals surface area contributed by atoms with Crippen LogP contribution in [0.3, 0.4) is 0 Å². The van der Waals surface area contributed by atoms with Gasteiger partial charge >= 0.3 is 6.09 Å². The van der Waals surface area contributed by atoms with Gasteiger partial charge in [-0.2, -0.15) is 0 Å². The Hall–Kier alpha value is -2.08. The molecule has 0 aromatic heterocycles. The summed E-state index contributed by atoms with van der Waals surface area (Å²) in [5.41, 5.74) is 1.23. The summed E-state index contributed by atoms with van der Waals surface area (Å²) in [6.07, 6.45) is 0.401. The van der Waals surface area contributed by atoms with Gasteiger partial charge in [-0.3, -0.25) is 9.69 Å². The normalized spacial score (nSPS) is 18.7. The summed E-state index contributed by atoms with van der Waals surface area (Å²) in [4.78, 5) is 27.0. The van der Waals surface area contributed by atoms with E-state index in [2.05, 4.69) is 12.1 Å². The van der Waals surface area contributed by atoms with Crippen LogP contribution in [0.5, 0.6) is 0 Å². The third-order valence-electron chi connectivity index (χ3n) is 3.80. The molecule has 0 radical (unpaired) electrons. The monoisotopic (exact) mass is 320 g/mol. The van der Waals surface area contributed by atoms with Crippen molar-refractivity contribution in [3.05, 3.63) is 35.9 Å². The minimum Gasteiger partial charge on any atom is -0.450 e.